The summed E-state index contributed by atoms with van der Waals surface area (Å²) >= 11 is 0.911. The van der Waals surface area contributed by atoms with E-state index in [0.717, 1.165) is 17.3 Å². The van der Waals surface area contributed by atoms with E-state index < -0.39 is 18.6 Å². The van der Waals surface area contributed by atoms with Crippen LogP contribution in [0.2, 0.25) is 0 Å². The van der Waals surface area contributed by atoms with E-state index in [9.17, 15) is 22.8 Å². The van der Waals surface area contributed by atoms with Crippen molar-refractivity contribution in [3.8, 4) is 5.69 Å². The van der Waals surface area contributed by atoms with E-state index >= 15 is 0 Å². The van der Waals surface area contributed by atoms with Crippen LogP contribution in [0.4, 0.5) is 13.2 Å². The van der Waals surface area contributed by atoms with E-state index in [1.54, 1.807) is 36.4 Å². The number of fused-ring (bicyclic) bond motifs is 1. The fraction of sp³-hybridized carbons (Fsp3) is 0.211. The number of aryl methyl sites for hydroxylation is 1. The van der Waals surface area contributed by atoms with E-state index in [1.807, 2.05) is 24.4 Å². The van der Waals surface area contributed by atoms with Crippen molar-refractivity contribution in [2.75, 3.05) is 12.3 Å². The average Bonchev–Trinajstić information content (AvgIpc) is 2.65. The lowest BCUT2D eigenvalue weighted by Gasteiger charge is -2.15. The first-order valence-electron chi connectivity index (χ1n) is 8.30. The number of hydrogen-bond acceptors (Lipinski definition) is 4. The topological polar surface area (TPSA) is 64.0 Å². The van der Waals surface area contributed by atoms with Crippen LogP contribution in [0.25, 0.3) is 16.6 Å². The Morgan fingerprint density at radius 2 is 1.82 bits per heavy atom. The fourth-order valence-corrected chi connectivity index (χ4v) is 3.45. The Labute approximate surface area is 162 Å². The predicted molar refractivity (Wildman–Crippen MR) is 102 cm³/mol. The number of thioether (sulfide) groups is 1. The molecular formula is C19H16F3N3O2S. The van der Waals surface area contributed by atoms with Crippen molar-refractivity contribution in [3.63, 3.8) is 0 Å². The number of hydrogen-bond donors (Lipinski definition) is 1. The number of carbonyl (C=O) groups is 1. The minimum absolute atomic E-state index is 0.236. The van der Waals surface area contributed by atoms with Gasteiger partial charge in [-0.25, -0.2) is 4.98 Å². The molecule has 0 aliphatic rings. The van der Waals surface area contributed by atoms with Gasteiger partial charge in [0.05, 0.1) is 22.3 Å². The van der Waals surface area contributed by atoms with E-state index in [2.05, 4.69) is 4.98 Å². The SMILES string of the molecule is Cc1ccccc1-n1c(SCC(=O)NCC(F)(F)F)nc2ccccc2c1=O. The van der Waals surface area contributed by atoms with Crippen molar-refractivity contribution in [2.45, 2.75) is 18.3 Å². The smallest absolute Gasteiger partial charge is 0.346 e. The van der Waals surface area contributed by atoms with Gasteiger partial charge in [-0.15, -0.1) is 0 Å². The molecule has 0 fully saturated rings. The van der Waals surface area contributed by atoms with Crippen LogP contribution >= 0.6 is 11.8 Å². The average molecular weight is 407 g/mol. The molecular weight excluding hydrogens is 391 g/mol. The van der Waals surface area contributed by atoms with Crippen molar-refractivity contribution < 1.29 is 18.0 Å². The number of alkyl halides is 3. The highest BCUT2D eigenvalue weighted by Crippen LogP contribution is 2.23. The van der Waals surface area contributed by atoms with Crippen LogP contribution in [0.15, 0.2) is 58.5 Å². The Kier molecular flexibility index (Phi) is 5.73. The largest absolute Gasteiger partial charge is 0.405 e. The summed E-state index contributed by atoms with van der Waals surface area (Å²) < 4.78 is 38.2. The lowest BCUT2D eigenvalue weighted by molar-refractivity contribution is -0.136. The molecule has 28 heavy (non-hydrogen) atoms. The summed E-state index contributed by atoms with van der Waals surface area (Å²) in [7, 11) is 0. The van der Waals surface area contributed by atoms with Crippen LogP contribution < -0.4 is 10.9 Å². The minimum Gasteiger partial charge on any atom is -0.346 e. The van der Waals surface area contributed by atoms with Gasteiger partial charge in [0.2, 0.25) is 5.91 Å². The first-order valence-corrected chi connectivity index (χ1v) is 9.29. The number of nitrogens with one attached hydrogen (secondary N) is 1. The van der Waals surface area contributed by atoms with E-state index in [0.29, 0.717) is 16.6 Å². The zero-order valence-corrected chi connectivity index (χ0v) is 15.6. The second-order valence-electron chi connectivity index (χ2n) is 6.02. The molecule has 0 bridgehead atoms. The Balaban J connectivity index is 1.99. The molecule has 0 saturated heterocycles. The molecule has 1 amide bonds. The van der Waals surface area contributed by atoms with Crippen LogP contribution in [-0.4, -0.2) is 33.9 Å². The van der Waals surface area contributed by atoms with Crippen LogP contribution in [-0.2, 0) is 4.79 Å². The zero-order chi connectivity index (χ0) is 20.3. The number of benzene rings is 2. The van der Waals surface area contributed by atoms with Gasteiger partial charge in [-0.2, -0.15) is 13.2 Å². The molecule has 0 radical (unpaired) electrons. The number of amides is 1. The molecule has 0 saturated carbocycles. The third-order valence-electron chi connectivity index (χ3n) is 3.92. The second kappa shape index (κ2) is 8.05. The van der Waals surface area contributed by atoms with Crippen LogP contribution in [0.1, 0.15) is 5.56 Å². The molecule has 1 heterocycles. The van der Waals surface area contributed by atoms with Crippen molar-refractivity contribution in [1.82, 2.24) is 14.9 Å². The van der Waals surface area contributed by atoms with Crippen LogP contribution in [0, 0.1) is 6.92 Å². The maximum absolute atomic E-state index is 13.1. The van der Waals surface area contributed by atoms with Gasteiger partial charge in [0.25, 0.3) is 5.56 Å². The maximum atomic E-state index is 13.1. The molecule has 2 aromatic carbocycles. The highest BCUT2D eigenvalue weighted by Gasteiger charge is 2.27. The summed E-state index contributed by atoms with van der Waals surface area (Å²) in [6.07, 6.45) is -4.48. The summed E-state index contributed by atoms with van der Waals surface area (Å²) in [5.74, 6) is -1.09. The Bertz CT molecular complexity index is 1080. The molecule has 0 aliphatic heterocycles. The molecule has 9 heteroatoms. The van der Waals surface area contributed by atoms with Gasteiger partial charge in [0, 0.05) is 0 Å². The number of halogens is 3. The van der Waals surface area contributed by atoms with E-state index in [-0.39, 0.29) is 16.5 Å². The van der Waals surface area contributed by atoms with Gasteiger partial charge >= 0.3 is 6.18 Å². The van der Waals surface area contributed by atoms with Gasteiger partial charge in [-0.1, -0.05) is 42.1 Å². The highest BCUT2D eigenvalue weighted by molar-refractivity contribution is 7.99. The molecule has 3 aromatic rings. The number of para-hydroxylation sites is 2. The second-order valence-corrected chi connectivity index (χ2v) is 6.96. The first kappa shape index (κ1) is 19.9. The molecule has 0 spiro atoms. The van der Waals surface area contributed by atoms with Gasteiger partial charge in [-0.3, -0.25) is 14.2 Å². The van der Waals surface area contributed by atoms with Gasteiger partial charge in [-0.05, 0) is 30.7 Å². The summed E-state index contributed by atoms with van der Waals surface area (Å²) in [5.41, 5.74) is 1.57. The number of nitrogens with zero attached hydrogens (tertiary/aromatic N) is 2. The normalized spacial score (nSPS) is 11.6. The molecule has 146 valence electrons. The maximum Gasteiger partial charge on any atom is 0.405 e. The van der Waals surface area contributed by atoms with E-state index in [4.69, 9.17) is 0 Å². The Morgan fingerprint density at radius 3 is 2.54 bits per heavy atom. The van der Waals surface area contributed by atoms with Gasteiger partial charge < -0.3 is 5.32 Å². The molecule has 3 rings (SSSR count). The zero-order valence-electron chi connectivity index (χ0n) is 14.8. The highest BCUT2D eigenvalue weighted by atomic mass is 32.2. The summed E-state index contributed by atoms with van der Waals surface area (Å²) in [5, 5.41) is 2.47. The summed E-state index contributed by atoms with van der Waals surface area (Å²) in [4.78, 5) is 29.3. The van der Waals surface area contributed by atoms with Crippen molar-refractivity contribution >= 4 is 28.6 Å². The van der Waals surface area contributed by atoms with Crippen molar-refractivity contribution in [1.29, 1.82) is 0 Å². The number of carbonyl (C=O) groups excluding carboxylic acids is 1. The minimum atomic E-state index is -4.48. The molecule has 0 unspecified atom stereocenters. The van der Waals surface area contributed by atoms with Crippen LogP contribution in [0.3, 0.4) is 0 Å². The molecule has 1 N–H and O–H groups in total. The Hall–Kier alpha value is -2.81. The molecule has 5 nitrogen and oxygen atoms in total. The lowest BCUT2D eigenvalue weighted by Crippen LogP contribution is -2.35. The number of rotatable bonds is 5. The third kappa shape index (κ3) is 4.53. The van der Waals surface area contributed by atoms with Crippen molar-refractivity contribution in [3.05, 3.63) is 64.4 Å². The summed E-state index contributed by atoms with van der Waals surface area (Å²) in [6.45, 7) is 0.434. The predicted octanol–water partition coefficient (Wildman–Crippen LogP) is 3.46. The lowest BCUT2D eigenvalue weighted by atomic mass is 10.2. The van der Waals surface area contributed by atoms with Crippen LogP contribution in [0.5, 0.6) is 0 Å². The first-order chi connectivity index (χ1) is 13.3. The standard InChI is InChI=1S/C19H16F3N3O2S/c1-12-6-2-5-9-15(12)25-17(27)13-7-3-4-8-14(13)24-18(25)28-10-16(26)23-11-19(20,21)22/h2-9H,10-11H2,1H3,(H,23,26). The van der Waals surface area contributed by atoms with Gasteiger partial charge in [0.1, 0.15) is 6.54 Å². The molecule has 0 atom stereocenters. The quantitative estimate of drug-likeness (QED) is 0.520. The molecule has 1 aromatic heterocycles. The van der Waals surface area contributed by atoms with Gasteiger partial charge in [0.15, 0.2) is 5.16 Å². The monoisotopic (exact) mass is 407 g/mol. The third-order valence-corrected chi connectivity index (χ3v) is 4.86. The summed E-state index contributed by atoms with van der Waals surface area (Å²) in [6, 6.07) is 14.0. The number of aromatic nitrogens is 2. The van der Waals surface area contributed by atoms with Crippen molar-refractivity contribution in [2.24, 2.45) is 0 Å². The van der Waals surface area contributed by atoms with E-state index in [1.165, 1.54) is 4.57 Å². The Morgan fingerprint density at radius 1 is 1.14 bits per heavy atom. The fourth-order valence-electron chi connectivity index (χ4n) is 2.62. The molecule has 0 aliphatic carbocycles.